The standard InChI is InChI=1S/C17H14FN5O2/c1-25-16(24)11-3-2-4-14(9-11)20-15-10-19-23-17(22-15)21-13-7-5-12(18)6-8-13/h2-10H,1H3,(H2,20,21,22,23). The first-order valence-electron chi connectivity index (χ1n) is 7.32. The van der Waals surface area contributed by atoms with Crippen molar-refractivity contribution in [3.05, 3.63) is 66.1 Å². The van der Waals surface area contributed by atoms with E-state index < -0.39 is 5.97 Å². The summed E-state index contributed by atoms with van der Waals surface area (Å²) in [5, 5.41) is 13.7. The molecular formula is C17H14FN5O2. The van der Waals surface area contributed by atoms with Gasteiger partial charge < -0.3 is 15.4 Å². The fourth-order valence-electron chi connectivity index (χ4n) is 2.07. The highest BCUT2D eigenvalue weighted by molar-refractivity contribution is 5.90. The lowest BCUT2D eigenvalue weighted by Gasteiger charge is -2.08. The minimum atomic E-state index is -0.428. The number of benzene rings is 2. The van der Waals surface area contributed by atoms with Gasteiger partial charge in [0.15, 0.2) is 5.82 Å². The Bertz CT molecular complexity index is 886. The molecule has 8 heteroatoms. The normalized spacial score (nSPS) is 10.2. The molecule has 2 aromatic carbocycles. The maximum Gasteiger partial charge on any atom is 0.337 e. The Morgan fingerprint density at radius 2 is 1.88 bits per heavy atom. The molecule has 126 valence electrons. The average molecular weight is 339 g/mol. The zero-order valence-corrected chi connectivity index (χ0v) is 13.2. The molecule has 0 unspecified atom stereocenters. The van der Waals surface area contributed by atoms with E-state index in [1.807, 2.05) is 0 Å². The number of hydrogen-bond acceptors (Lipinski definition) is 7. The summed E-state index contributed by atoms with van der Waals surface area (Å²) in [5.41, 5.74) is 1.70. The van der Waals surface area contributed by atoms with Crippen LogP contribution >= 0.6 is 0 Å². The van der Waals surface area contributed by atoms with Crippen molar-refractivity contribution in [3.63, 3.8) is 0 Å². The summed E-state index contributed by atoms with van der Waals surface area (Å²) < 4.78 is 17.6. The third-order valence-corrected chi connectivity index (χ3v) is 3.22. The third-order valence-electron chi connectivity index (χ3n) is 3.22. The minimum Gasteiger partial charge on any atom is -0.465 e. The van der Waals surface area contributed by atoms with Crippen molar-refractivity contribution in [2.45, 2.75) is 0 Å². The zero-order chi connectivity index (χ0) is 17.6. The molecule has 1 aromatic heterocycles. The van der Waals surface area contributed by atoms with Gasteiger partial charge in [-0.3, -0.25) is 0 Å². The smallest absolute Gasteiger partial charge is 0.337 e. The highest BCUT2D eigenvalue weighted by Crippen LogP contribution is 2.18. The van der Waals surface area contributed by atoms with Crippen LogP contribution in [0.25, 0.3) is 0 Å². The van der Waals surface area contributed by atoms with Gasteiger partial charge in [0, 0.05) is 11.4 Å². The summed E-state index contributed by atoms with van der Waals surface area (Å²) in [5.74, 6) is -0.0732. The molecule has 7 nitrogen and oxygen atoms in total. The number of aromatic nitrogens is 3. The molecule has 0 fully saturated rings. The Labute approximate surface area is 142 Å². The van der Waals surface area contributed by atoms with E-state index in [-0.39, 0.29) is 11.8 Å². The lowest BCUT2D eigenvalue weighted by Crippen LogP contribution is -2.04. The highest BCUT2D eigenvalue weighted by Gasteiger charge is 2.07. The predicted octanol–water partition coefficient (Wildman–Crippen LogP) is 3.28. The summed E-state index contributed by atoms with van der Waals surface area (Å²) in [4.78, 5) is 15.8. The van der Waals surface area contributed by atoms with Crippen LogP contribution in [-0.2, 0) is 4.74 Å². The molecule has 0 aliphatic heterocycles. The van der Waals surface area contributed by atoms with E-state index in [4.69, 9.17) is 4.74 Å². The second-order valence-electron chi connectivity index (χ2n) is 4.99. The van der Waals surface area contributed by atoms with Gasteiger partial charge >= 0.3 is 5.97 Å². The molecule has 3 aromatic rings. The first-order valence-corrected chi connectivity index (χ1v) is 7.32. The van der Waals surface area contributed by atoms with Gasteiger partial charge in [0.05, 0.1) is 18.9 Å². The predicted molar refractivity (Wildman–Crippen MR) is 90.6 cm³/mol. The summed E-state index contributed by atoms with van der Waals surface area (Å²) in [6.07, 6.45) is 1.45. The van der Waals surface area contributed by atoms with Crippen molar-refractivity contribution < 1.29 is 13.9 Å². The van der Waals surface area contributed by atoms with Crippen molar-refractivity contribution in [3.8, 4) is 0 Å². The van der Waals surface area contributed by atoms with Gasteiger partial charge in [-0.2, -0.15) is 10.1 Å². The van der Waals surface area contributed by atoms with E-state index >= 15 is 0 Å². The molecule has 0 amide bonds. The van der Waals surface area contributed by atoms with Crippen molar-refractivity contribution >= 4 is 29.1 Å². The number of nitrogens with one attached hydrogen (secondary N) is 2. The molecule has 1 heterocycles. The van der Waals surface area contributed by atoms with Crippen molar-refractivity contribution in [2.24, 2.45) is 0 Å². The second-order valence-corrected chi connectivity index (χ2v) is 4.99. The molecule has 25 heavy (non-hydrogen) atoms. The maximum absolute atomic E-state index is 12.9. The number of ether oxygens (including phenoxy) is 1. The molecule has 0 spiro atoms. The van der Waals surface area contributed by atoms with Crippen molar-refractivity contribution in [2.75, 3.05) is 17.7 Å². The van der Waals surface area contributed by atoms with Crippen LogP contribution in [0.5, 0.6) is 0 Å². The average Bonchev–Trinajstić information content (AvgIpc) is 2.63. The van der Waals surface area contributed by atoms with Gasteiger partial charge in [-0.1, -0.05) is 6.07 Å². The Morgan fingerprint density at radius 1 is 1.08 bits per heavy atom. The fourth-order valence-corrected chi connectivity index (χ4v) is 2.07. The van der Waals surface area contributed by atoms with E-state index in [1.54, 1.807) is 36.4 Å². The quantitative estimate of drug-likeness (QED) is 0.690. The van der Waals surface area contributed by atoms with Crippen molar-refractivity contribution in [1.29, 1.82) is 0 Å². The molecule has 0 aliphatic rings. The van der Waals surface area contributed by atoms with Crippen LogP contribution in [0.1, 0.15) is 10.4 Å². The number of carbonyl (C=O) groups is 1. The number of nitrogens with zero attached hydrogens (tertiary/aromatic N) is 3. The molecular weight excluding hydrogens is 325 g/mol. The number of esters is 1. The van der Waals surface area contributed by atoms with Crippen LogP contribution in [-0.4, -0.2) is 28.3 Å². The summed E-state index contributed by atoms with van der Waals surface area (Å²) in [6.45, 7) is 0. The topological polar surface area (TPSA) is 89.0 Å². The lowest BCUT2D eigenvalue weighted by molar-refractivity contribution is 0.0601. The highest BCUT2D eigenvalue weighted by atomic mass is 19.1. The van der Waals surface area contributed by atoms with Crippen LogP contribution in [0, 0.1) is 5.82 Å². The lowest BCUT2D eigenvalue weighted by atomic mass is 10.2. The third kappa shape index (κ3) is 4.25. The van der Waals surface area contributed by atoms with Crippen LogP contribution in [0.4, 0.5) is 27.5 Å². The minimum absolute atomic E-state index is 0.251. The van der Waals surface area contributed by atoms with Gasteiger partial charge in [0.2, 0.25) is 5.95 Å². The molecule has 0 aliphatic carbocycles. The van der Waals surface area contributed by atoms with Gasteiger partial charge in [0.1, 0.15) is 5.82 Å². The van der Waals surface area contributed by atoms with E-state index in [2.05, 4.69) is 25.8 Å². The zero-order valence-electron chi connectivity index (χ0n) is 13.2. The van der Waals surface area contributed by atoms with Crippen LogP contribution < -0.4 is 10.6 Å². The number of anilines is 4. The maximum atomic E-state index is 12.9. The molecule has 0 atom stereocenters. The van der Waals surface area contributed by atoms with Gasteiger partial charge in [-0.05, 0) is 42.5 Å². The second kappa shape index (κ2) is 7.35. The van der Waals surface area contributed by atoms with E-state index in [9.17, 15) is 9.18 Å². The molecule has 0 saturated heterocycles. The molecule has 0 bridgehead atoms. The Kier molecular flexibility index (Phi) is 4.79. The first-order chi connectivity index (χ1) is 12.1. The van der Waals surface area contributed by atoms with E-state index in [0.29, 0.717) is 22.8 Å². The van der Waals surface area contributed by atoms with Gasteiger partial charge in [-0.25, -0.2) is 9.18 Å². The van der Waals surface area contributed by atoms with Crippen LogP contribution in [0.3, 0.4) is 0 Å². The van der Waals surface area contributed by atoms with Gasteiger partial charge in [0.25, 0.3) is 0 Å². The molecule has 0 radical (unpaired) electrons. The molecule has 3 rings (SSSR count). The number of carbonyl (C=O) groups excluding carboxylic acids is 1. The Balaban J connectivity index is 1.75. The monoisotopic (exact) mass is 339 g/mol. The van der Waals surface area contributed by atoms with Crippen molar-refractivity contribution in [1.82, 2.24) is 15.2 Å². The number of hydrogen-bond donors (Lipinski definition) is 2. The van der Waals surface area contributed by atoms with Crippen LogP contribution in [0.2, 0.25) is 0 Å². The summed E-state index contributed by atoms with van der Waals surface area (Å²) >= 11 is 0. The van der Waals surface area contributed by atoms with E-state index in [0.717, 1.165) is 0 Å². The Morgan fingerprint density at radius 3 is 2.64 bits per heavy atom. The fraction of sp³-hybridized carbons (Fsp3) is 0.0588. The SMILES string of the molecule is COC(=O)c1cccc(Nc2cnnc(Nc3ccc(F)cc3)n2)c1. The number of methoxy groups -OCH3 is 1. The first kappa shape index (κ1) is 16.3. The Hall–Kier alpha value is -3.55. The molecule has 2 N–H and O–H groups in total. The summed E-state index contributed by atoms with van der Waals surface area (Å²) in [7, 11) is 1.32. The largest absolute Gasteiger partial charge is 0.465 e. The number of halogens is 1. The van der Waals surface area contributed by atoms with Crippen LogP contribution in [0.15, 0.2) is 54.7 Å². The summed E-state index contributed by atoms with van der Waals surface area (Å²) in [6, 6.07) is 12.6. The number of rotatable bonds is 5. The van der Waals surface area contributed by atoms with Gasteiger partial charge in [-0.15, -0.1) is 5.10 Å². The molecule has 0 saturated carbocycles. The van der Waals surface area contributed by atoms with E-state index in [1.165, 1.54) is 25.4 Å².